The molecule has 0 unspecified atom stereocenters. The van der Waals surface area contributed by atoms with Gasteiger partial charge in [0.1, 0.15) is 5.82 Å². The van der Waals surface area contributed by atoms with E-state index in [0.29, 0.717) is 6.54 Å². The van der Waals surface area contributed by atoms with Crippen molar-refractivity contribution in [2.45, 2.75) is 26.8 Å². The number of rotatable bonds is 5. The van der Waals surface area contributed by atoms with Crippen LogP contribution in [0.1, 0.15) is 25.0 Å². The molecule has 0 radical (unpaired) electrons. The minimum atomic E-state index is -0.142. The first kappa shape index (κ1) is 13.8. The van der Waals surface area contributed by atoms with Crippen molar-refractivity contribution in [1.29, 1.82) is 0 Å². The molecule has 0 aliphatic heterocycles. The summed E-state index contributed by atoms with van der Waals surface area (Å²) < 4.78 is 13.7. The largest absolute Gasteiger partial charge is 0.313 e. The molecule has 2 rings (SSSR count). The lowest BCUT2D eigenvalue weighted by atomic mass is 10.00. The third-order valence-corrected chi connectivity index (χ3v) is 3.28. The molecular formula is C17H20FN. The number of aryl methyl sites for hydroxylation is 1. The van der Waals surface area contributed by atoms with E-state index in [9.17, 15) is 4.39 Å². The van der Waals surface area contributed by atoms with Crippen molar-refractivity contribution in [1.82, 2.24) is 5.32 Å². The van der Waals surface area contributed by atoms with Crippen LogP contribution >= 0.6 is 0 Å². The van der Waals surface area contributed by atoms with Gasteiger partial charge in [0, 0.05) is 12.1 Å². The highest BCUT2D eigenvalue weighted by molar-refractivity contribution is 5.65. The smallest absolute Gasteiger partial charge is 0.127 e. The summed E-state index contributed by atoms with van der Waals surface area (Å²) in [4.78, 5) is 0. The van der Waals surface area contributed by atoms with E-state index in [1.807, 2.05) is 19.1 Å². The van der Waals surface area contributed by atoms with Gasteiger partial charge in [0.05, 0.1) is 0 Å². The molecule has 100 valence electrons. The average molecular weight is 257 g/mol. The lowest BCUT2D eigenvalue weighted by Gasteiger charge is -2.08. The van der Waals surface area contributed by atoms with Gasteiger partial charge in [-0.1, -0.05) is 44.2 Å². The summed E-state index contributed by atoms with van der Waals surface area (Å²) in [5.74, 6) is -0.142. The van der Waals surface area contributed by atoms with Crippen molar-refractivity contribution < 1.29 is 4.39 Å². The second-order valence-corrected chi connectivity index (χ2v) is 4.64. The highest BCUT2D eigenvalue weighted by Crippen LogP contribution is 2.23. The maximum atomic E-state index is 13.7. The number of hydrogen-bond acceptors (Lipinski definition) is 1. The zero-order valence-electron chi connectivity index (χ0n) is 11.5. The summed E-state index contributed by atoms with van der Waals surface area (Å²) in [6.07, 6.45) is 1.01. The van der Waals surface area contributed by atoms with Crippen molar-refractivity contribution in [3.05, 3.63) is 59.4 Å². The first-order valence-electron chi connectivity index (χ1n) is 6.83. The molecule has 0 saturated carbocycles. The Morgan fingerprint density at radius 2 is 1.79 bits per heavy atom. The number of benzene rings is 2. The lowest BCUT2D eigenvalue weighted by Crippen LogP contribution is -2.12. The number of nitrogens with one attached hydrogen (secondary N) is 1. The summed E-state index contributed by atoms with van der Waals surface area (Å²) in [7, 11) is 0. The fourth-order valence-corrected chi connectivity index (χ4v) is 2.12. The molecule has 0 amide bonds. The average Bonchev–Trinajstić information content (AvgIpc) is 2.46. The minimum absolute atomic E-state index is 0.142. The van der Waals surface area contributed by atoms with Crippen molar-refractivity contribution in [2.24, 2.45) is 0 Å². The summed E-state index contributed by atoms with van der Waals surface area (Å²) in [5.41, 5.74) is 4.25. The van der Waals surface area contributed by atoms with Crippen LogP contribution in [0.25, 0.3) is 11.1 Å². The van der Waals surface area contributed by atoms with Crippen LogP contribution in [0.3, 0.4) is 0 Å². The fraction of sp³-hybridized carbons (Fsp3) is 0.294. The van der Waals surface area contributed by atoms with Gasteiger partial charge in [-0.2, -0.15) is 0 Å². The molecule has 2 aromatic rings. The Bertz CT molecular complexity index is 549. The molecule has 0 aromatic heterocycles. The molecule has 0 spiro atoms. The maximum Gasteiger partial charge on any atom is 0.127 e. The van der Waals surface area contributed by atoms with Crippen LogP contribution in [0.2, 0.25) is 0 Å². The van der Waals surface area contributed by atoms with Gasteiger partial charge in [0.2, 0.25) is 0 Å². The second-order valence-electron chi connectivity index (χ2n) is 4.64. The van der Waals surface area contributed by atoms with Gasteiger partial charge in [0.15, 0.2) is 0 Å². The molecule has 0 atom stereocenters. The first-order valence-corrected chi connectivity index (χ1v) is 6.83. The van der Waals surface area contributed by atoms with E-state index < -0.39 is 0 Å². The Morgan fingerprint density at radius 1 is 1.00 bits per heavy atom. The lowest BCUT2D eigenvalue weighted by molar-refractivity contribution is 0.593. The third kappa shape index (κ3) is 3.42. The van der Waals surface area contributed by atoms with Gasteiger partial charge in [-0.15, -0.1) is 0 Å². The predicted molar refractivity (Wildman–Crippen MR) is 78.6 cm³/mol. The quantitative estimate of drug-likeness (QED) is 0.848. The van der Waals surface area contributed by atoms with E-state index in [0.717, 1.165) is 29.7 Å². The highest BCUT2D eigenvalue weighted by atomic mass is 19.1. The fourth-order valence-electron chi connectivity index (χ4n) is 2.12. The molecule has 0 aliphatic carbocycles. The summed E-state index contributed by atoms with van der Waals surface area (Å²) in [6.45, 7) is 5.57. The molecule has 1 N–H and O–H groups in total. The van der Waals surface area contributed by atoms with Crippen LogP contribution in [0, 0.1) is 5.82 Å². The number of hydrogen-bond donors (Lipinski definition) is 1. The van der Waals surface area contributed by atoms with Gasteiger partial charge in [-0.05, 0) is 41.8 Å². The normalized spacial score (nSPS) is 10.7. The van der Waals surface area contributed by atoms with Crippen LogP contribution < -0.4 is 5.32 Å². The zero-order chi connectivity index (χ0) is 13.7. The van der Waals surface area contributed by atoms with Crippen LogP contribution in [-0.2, 0) is 13.0 Å². The molecule has 0 aliphatic rings. The van der Waals surface area contributed by atoms with E-state index in [4.69, 9.17) is 0 Å². The maximum absolute atomic E-state index is 13.7. The van der Waals surface area contributed by atoms with Crippen molar-refractivity contribution >= 4 is 0 Å². The molecular weight excluding hydrogens is 237 g/mol. The van der Waals surface area contributed by atoms with Crippen LogP contribution in [-0.4, -0.2) is 6.54 Å². The Labute approximate surface area is 114 Å². The van der Waals surface area contributed by atoms with Crippen molar-refractivity contribution in [3.63, 3.8) is 0 Å². The first-order chi connectivity index (χ1) is 9.24. The topological polar surface area (TPSA) is 12.0 Å². The van der Waals surface area contributed by atoms with Crippen molar-refractivity contribution in [3.8, 4) is 11.1 Å². The SMILES string of the molecule is CCNCc1cc(-c2cccc(CC)c2)ccc1F. The predicted octanol–water partition coefficient (Wildman–Crippen LogP) is 4.16. The standard InChI is InChI=1S/C17H20FN/c1-3-13-6-5-7-14(10-13)15-8-9-17(18)16(11-15)12-19-4-2/h5-11,19H,3-4,12H2,1-2H3. The van der Waals surface area contributed by atoms with Crippen LogP contribution in [0.4, 0.5) is 4.39 Å². The van der Waals surface area contributed by atoms with Gasteiger partial charge >= 0.3 is 0 Å². The molecule has 1 nitrogen and oxygen atoms in total. The minimum Gasteiger partial charge on any atom is -0.313 e. The molecule has 0 bridgehead atoms. The van der Waals surface area contributed by atoms with E-state index in [-0.39, 0.29) is 5.82 Å². The van der Waals surface area contributed by atoms with E-state index in [2.05, 4.69) is 36.5 Å². The van der Waals surface area contributed by atoms with E-state index in [1.165, 1.54) is 5.56 Å². The number of halogens is 1. The Kier molecular flexibility index (Phi) is 4.69. The van der Waals surface area contributed by atoms with Gasteiger partial charge < -0.3 is 5.32 Å². The monoisotopic (exact) mass is 257 g/mol. The van der Waals surface area contributed by atoms with Crippen molar-refractivity contribution in [2.75, 3.05) is 6.54 Å². The zero-order valence-corrected chi connectivity index (χ0v) is 11.5. The van der Waals surface area contributed by atoms with Gasteiger partial charge in [-0.3, -0.25) is 0 Å². The van der Waals surface area contributed by atoms with Crippen LogP contribution in [0.15, 0.2) is 42.5 Å². The molecule has 0 saturated heterocycles. The third-order valence-electron chi connectivity index (χ3n) is 3.28. The van der Waals surface area contributed by atoms with E-state index >= 15 is 0 Å². The Balaban J connectivity index is 2.33. The van der Waals surface area contributed by atoms with E-state index in [1.54, 1.807) is 6.07 Å². The Hall–Kier alpha value is -1.67. The Morgan fingerprint density at radius 3 is 2.53 bits per heavy atom. The molecule has 0 fully saturated rings. The molecule has 19 heavy (non-hydrogen) atoms. The summed E-state index contributed by atoms with van der Waals surface area (Å²) >= 11 is 0. The molecule has 2 heteroatoms. The van der Waals surface area contributed by atoms with Gasteiger partial charge in [-0.25, -0.2) is 4.39 Å². The van der Waals surface area contributed by atoms with Crippen LogP contribution in [0.5, 0.6) is 0 Å². The highest BCUT2D eigenvalue weighted by Gasteiger charge is 2.05. The molecule has 2 aromatic carbocycles. The summed E-state index contributed by atoms with van der Waals surface area (Å²) in [5, 5.41) is 3.17. The van der Waals surface area contributed by atoms with Gasteiger partial charge in [0.25, 0.3) is 0 Å². The molecule has 0 heterocycles. The summed E-state index contributed by atoms with van der Waals surface area (Å²) in [6, 6.07) is 13.8. The second kappa shape index (κ2) is 6.48.